The number of fused-ring (bicyclic) bond motifs is 1. The topological polar surface area (TPSA) is 164 Å². The van der Waals surface area contributed by atoms with Crippen molar-refractivity contribution in [3.8, 4) is 0 Å². The average molecular weight is 748 g/mol. The first-order valence-electron chi connectivity index (χ1n) is 17.9. The van der Waals surface area contributed by atoms with E-state index in [1.807, 2.05) is 17.0 Å². The van der Waals surface area contributed by atoms with Crippen molar-refractivity contribution >= 4 is 39.4 Å². The minimum atomic E-state index is -3.80. The molecule has 2 fully saturated rings. The maximum atomic E-state index is 13.1. The van der Waals surface area contributed by atoms with Crippen LogP contribution in [0.5, 0.6) is 0 Å². The van der Waals surface area contributed by atoms with Crippen molar-refractivity contribution in [2.45, 2.75) is 49.8 Å². The Balaban J connectivity index is 0.843. The molecular formula is C38H45N5O9S. The number of rotatable bonds is 17. The highest BCUT2D eigenvalue weighted by molar-refractivity contribution is 7.86. The summed E-state index contributed by atoms with van der Waals surface area (Å²) in [5.41, 5.74) is 4.55. The van der Waals surface area contributed by atoms with E-state index in [1.165, 1.54) is 17.7 Å². The third kappa shape index (κ3) is 10.1. The second-order valence-corrected chi connectivity index (χ2v) is 14.7. The predicted molar refractivity (Wildman–Crippen MR) is 194 cm³/mol. The van der Waals surface area contributed by atoms with Gasteiger partial charge >= 0.3 is 0 Å². The van der Waals surface area contributed by atoms with E-state index in [0.29, 0.717) is 44.8 Å². The fourth-order valence-electron chi connectivity index (χ4n) is 6.62. The van der Waals surface area contributed by atoms with Crippen LogP contribution in [0.2, 0.25) is 0 Å². The maximum Gasteiger partial charge on any atom is 0.297 e. The van der Waals surface area contributed by atoms with E-state index in [0.717, 1.165) is 36.4 Å². The second kappa shape index (κ2) is 17.9. The van der Waals surface area contributed by atoms with E-state index < -0.39 is 22.1 Å². The van der Waals surface area contributed by atoms with E-state index in [9.17, 15) is 27.6 Å². The summed E-state index contributed by atoms with van der Waals surface area (Å²) in [6.45, 7) is 5.39. The third-order valence-electron chi connectivity index (χ3n) is 9.55. The molecule has 0 bridgehead atoms. The molecule has 3 heterocycles. The van der Waals surface area contributed by atoms with Crippen LogP contribution in [0.4, 0.5) is 5.69 Å². The SMILES string of the molecule is O=C1CCC(N2Cc3c(NCc4ccc(CN5CCN(C(=O)CCOCCOCCOS(=O)(=O)c6ccccc6)CC5)cc4)cccc3C2=O)C(=O)N1. The number of imide groups is 1. The Morgan fingerprint density at radius 1 is 0.811 bits per heavy atom. The maximum absolute atomic E-state index is 13.1. The molecule has 0 saturated carbocycles. The highest BCUT2D eigenvalue weighted by Gasteiger charge is 2.39. The van der Waals surface area contributed by atoms with Gasteiger partial charge in [-0.1, -0.05) is 48.5 Å². The van der Waals surface area contributed by atoms with Gasteiger partial charge in [0, 0.05) is 69.0 Å². The smallest absolute Gasteiger partial charge is 0.297 e. The summed E-state index contributed by atoms with van der Waals surface area (Å²) >= 11 is 0. The number of hydrogen-bond donors (Lipinski definition) is 2. The number of amides is 4. The normalized spacial score (nSPS) is 17.9. The molecule has 0 radical (unpaired) electrons. The number of piperidine rings is 1. The molecule has 2 N–H and O–H groups in total. The summed E-state index contributed by atoms with van der Waals surface area (Å²) in [6, 6.07) is 21.2. The summed E-state index contributed by atoms with van der Waals surface area (Å²) in [7, 11) is -3.80. The fourth-order valence-corrected chi connectivity index (χ4v) is 7.54. The van der Waals surface area contributed by atoms with Crippen molar-refractivity contribution in [3.63, 3.8) is 0 Å². The minimum absolute atomic E-state index is 0.0547. The number of nitrogens with one attached hydrogen (secondary N) is 2. The van der Waals surface area contributed by atoms with Gasteiger partial charge < -0.3 is 24.6 Å². The van der Waals surface area contributed by atoms with Gasteiger partial charge in [0.25, 0.3) is 16.0 Å². The molecule has 2 saturated heterocycles. The molecule has 3 aliphatic rings. The Kier molecular flexibility index (Phi) is 12.9. The highest BCUT2D eigenvalue weighted by Crippen LogP contribution is 2.32. The number of carbonyl (C=O) groups is 4. The molecule has 3 aromatic carbocycles. The summed E-state index contributed by atoms with van der Waals surface area (Å²) < 4.78 is 40.1. The highest BCUT2D eigenvalue weighted by atomic mass is 32.2. The van der Waals surface area contributed by atoms with Gasteiger partial charge in [0.2, 0.25) is 17.7 Å². The lowest BCUT2D eigenvalue weighted by Crippen LogP contribution is -2.52. The number of anilines is 1. The first-order valence-corrected chi connectivity index (χ1v) is 19.3. The standard InChI is InChI=1S/C38H45N5O9S/c44-35-14-13-34(37(46)40-35)43-27-32-31(38(43)47)7-4-8-33(32)39-25-28-9-11-29(12-10-28)26-41-16-18-42(19-17-41)36(45)15-20-50-21-22-51-23-24-52-53(48,49)30-5-2-1-3-6-30/h1-12,34,39H,13-27H2,(H,40,44,46). The van der Waals surface area contributed by atoms with Crippen LogP contribution < -0.4 is 10.6 Å². The molecule has 4 amide bonds. The predicted octanol–water partition coefficient (Wildman–Crippen LogP) is 2.53. The van der Waals surface area contributed by atoms with Gasteiger partial charge in [-0.25, -0.2) is 0 Å². The van der Waals surface area contributed by atoms with E-state index in [2.05, 4.69) is 39.8 Å². The van der Waals surface area contributed by atoms with Gasteiger partial charge in [0.05, 0.1) is 44.4 Å². The summed E-state index contributed by atoms with van der Waals surface area (Å²) in [5.74, 6) is -0.865. The third-order valence-corrected chi connectivity index (χ3v) is 10.9. The molecular weight excluding hydrogens is 703 g/mol. The van der Waals surface area contributed by atoms with Crippen LogP contribution in [0.1, 0.15) is 46.3 Å². The van der Waals surface area contributed by atoms with E-state index in [4.69, 9.17) is 13.7 Å². The van der Waals surface area contributed by atoms with Gasteiger partial charge in [0.1, 0.15) is 6.04 Å². The zero-order valence-electron chi connectivity index (χ0n) is 29.5. The van der Waals surface area contributed by atoms with E-state index >= 15 is 0 Å². The quantitative estimate of drug-likeness (QED) is 0.119. The van der Waals surface area contributed by atoms with Gasteiger partial charge in [-0.2, -0.15) is 8.42 Å². The number of benzene rings is 3. The van der Waals surface area contributed by atoms with Crippen molar-refractivity contribution in [1.29, 1.82) is 0 Å². The van der Waals surface area contributed by atoms with Crippen LogP contribution in [-0.2, 0) is 57.8 Å². The van der Waals surface area contributed by atoms with Crippen LogP contribution >= 0.6 is 0 Å². The number of carbonyl (C=O) groups excluding carboxylic acids is 4. The lowest BCUT2D eigenvalue weighted by molar-refractivity contribution is -0.137. The van der Waals surface area contributed by atoms with Crippen molar-refractivity contribution < 1.29 is 41.3 Å². The van der Waals surface area contributed by atoms with Crippen molar-refractivity contribution in [2.24, 2.45) is 0 Å². The van der Waals surface area contributed by atoms with Gasteiger partial charge in [-0.3, -0.25) is 33.6 Å². The zero-order chi connectivity index (χ0) is 37.2. The molecule has 1 unspecified atom stereocenters. The molecule has 3 aromatic rings. The van der Waals surface area contributed by atoms with Crippen molar-refractivity contribution in [1.82, 2.24) is 20.0 Å². The molecule has 282 valence electrons. The molecule has 0 aromatic heterocycles. The number of piperazine rings is 1. The van der Waals surface area contributed by atoms with Crippen LogP contribution in [0.25, 0.3) is 0 Å². The van der Waals surface area contributed by atoms with Crippen molar-refractivity contribution in [2.75, 3.05) is 64.5 Å². The Morgan fingerprint density at radius 2 is 1.51 bits per heavy atom. The first kappa shape index (κ1) is 38.1. The van der Waals surface area contributed by atoms with Crippen LogP contribution in [0, 0.1) is 0 Å². The zero-order valence-corrected chi connectivity index (χ0v) is 30.4. The summed E-state index contributed by atoms with van der Waals surface area (Å²) in [4.78, 5) is 55.7. The second-order valence-electron chi connectivity index (χ2n) is 13.1. The van der Waals surface area contributed by atoms with Gasteiger partial charge in [-0.05, 0) is 41.8 Å². The Labute approximate surface area is 309 Å². The Hall–Kier alpha value is -4.67. The van der Waals surface area contributed by atoms with Crippen LogP contribution in [0.3, 0.4) is 0 Å². The van der Waals surface area contributed by atoms with Crippen molar-refractivity contribution in [3.05, 3.63) is 95.1 Å². The molecule has 14 nitrogen and oxygen atoms in total. The summed E-state index contributed by atoms with van der Waals surface area (Å²) in [5, 5.41) is 5.81. The molecule has 0 spiro atoms. The first-order chi connectivity index (χ1) is 25.7. The van der Waals surface area contributed by atoms with Gasteiger partial charge in [-0.15, -0.1) is 0 Å². The monoisotopic (exact) mass is 747 g/mol. The molecule has 3 aliphatic heterocycles. The number of ether oxygens (including phenoxy) is 2. The molecule has 1 atom stereocenters. The lowest BCUT2D eigenvalue weighted by Gasteiger charge is -2.34. The lowest BCUT2D eigenvalue weighted by atomic mass is 10.0. The molecule has 6 rings (SSSR count). The number of nitrogens with zero attached hydrogens (tertiary/aromatic N) is 3. The fraction of sp³-hybridized carbons (Fsp3) is 0.421. The average Bonchev–Trinajstić information content (AvgIpc) is 3.50. The van der Waals surface area contributed by atoms with Gasteiger partial charge in [0.15, 0.2) is 0 Å². The molecule has 0 aliphatic carbocycles. The molecule has 15 heteroatoms. The number of hydrogen-bond acceptors (Lipinski definition) is 11. The largest absolute Gasteiger partial charge is 0.381 e. The van der Waals surface area contributed by atoms with E-state index in [1.54, 1.807) is 29.2 Å². The van der Waals surface area contributed by atoms with E-state index in [-0.39, 0.29) is 61.9 Å². The minimum Gasteiger partial charge on any atom is -0.381 e. The summed E-state index contributed by atoms with van der Waals surface area (Å²) in [6.07, 6.45) is 0.834. The van der Waals surface area contributed by atoms with Crippen LogP contribution in [-0.4, -0.2) is 112 Å². The Morgan fingerprint density at radius 3 is 2.25 bits per heavy atom. The Bertz CT molecular complexity index is 1870. The molecule has 53 heavy (non-hydrogen) atoms. The van der Waals surface area contributed by atoms with Crippen LogP contribution in [0.15, 0.2) is 77.7 Å².